The number of carbonyl (C=O) groups is 4. The largest absolute Gasteiger partial charge is 0.345 e. The van der Waals surface area contributed by atoms with Crippen LogP contribution in [-0.4, -0.2) is 41.1 Å². The first kappa shape index (κ1) is 22.6. The van der Waals surface area contributed by atoms with Crippen molar-refractivity contribution in [2.75, 3.05) is 6.54 Å². The Bertz CT molecular complexity index is 1110. The Morgan fingerprint density at radius 1 is 1.00 bits per heavy atom. The van der Waals surface area contributed by atoms with E-state index >= 15 is 0 Å². The van der Waals surface area contributed by atoms with Gasteiger partial charge in [-0.25, -0.2) is 0 Å². The van der Waals surface area contributed by atoms with E-state index in [1.165, 1.54) is 34.6 Å². The molecule has 1 aromatic heterocycles. The molecule has 0 bridgehead atoms. The number of hydrogen-bond donors (Lipinski definition) is 3. The first-order valence-corrected chi connectivity index (χ1v) is 12.7. The maximum atomic E-state index is 13.0. The third-order valence-corrected chi connectivity index (χ3v) is 7.88. The number of fused-ring (bicyclic) bond motifs is 2. The fraction of sp³-hybridized carbons (Fsp3) is 0.440. The predicted octanol–water partition coefficient (Wildman–Crippen LogP) is 2.64. The van der Waals surface area contributed by atoms with E-state index in [4.69, 9.17) is 0 Å². The number of amides is 4. The number of rotatable bonds is 5. The number of benzene rings is 1. The van der Waals surface area contributed by atoms with Gasteiger partial charge in [0.25, 0.3) is 17.7 Å². The molecule has 1 atom stereocenters. The van der Waals surface area contributed by atoms with Gasteiger partial charge in [-0.3, -0.25) is 30.0 Å². The average molecular weight is 481 g/mol. The molecule has 3 aliphatic rings. The topological polar surface area (TPSA) is 108 Å². The molecule has 0 spiro atoms. The zero-order valence-corrected chi connectivity index (χ0v) is 19.7. The molecule has 34 heavy (non-hydrogen) atoms. The SMILES string of the molecule is O=C(CNC(=O)C1c2ccccc2C(=O)N1C1CC1)NNC(=O)c1cc2c(s1)CCCCCC2. The van der Waals surface area contributed by atoms with Gasteiger partial charge in [-0.2, -0.15) is 0 Å². The van der Waals surface area contributed by atoms with Crippen LogP contribution in [-0.2, 0) is 22.4 Å². The number of hydrazine groups is 1. The average Bonchev–Trinajstić information content (AvgIpc) is 3.52. The third kappa shape index (κ3) is 4.57. The van der Waals surface area contributed by atoms with Crippen molar-refractivity contribution in [3.05, 3.63) is 56.8 Å². The second kappa shape index (κ2) is 9.58. The zero-order valence-electron chi connectivity index (χ0n) is 18.9. The molecule has 1 fully saturated rings. The van der Waals surface area contributed by atoms with Crippen molar-refractivity contribution in [2.45, 2.75) is 63.5 Å². The lowest BCUT2D eigenvalue weighted by Gasteiger charge is -2.24. The van der Waals surface area contributed by atoms with E-state index in [1.54, 1.807) is 29.2 Å². The van der Waals surface area contributed by atoms with Gasteiger partial charge >= 0.3 is 0 Å². The van der Waals surface area contributed by atoms with Gasteiger partial charge in [0.05, 0.1) is 11.4 Å². The van der Waals surface area contributed by atoms with Crippen LogP contribution in [0.2, 0.25) is 0 Å². The Balaban J connectivity index is 1.15. The second-order valence-electron chi connectivity index (χ2n) is 9.13. The Morgan fingerprint density at radius 3 is 2.56 bits per heavy atom. The Hall–Kier alpha value is -3.20. The smallest absolute Gasteiger partial charge is 0.279 e. The monoisotopic (exact) mass is 480 g/mol. The number of aryl methyl sites for hydroxylation is 2. The van der Waals surface area contributed by atoms with Crippen LogP contribution < -0.4 is 16.2 Å². The van der Waals surface area contributed by atoms with Crippen molar-refractivity contribution in [2.24, 2.45) is 0 Å². The summed E-state index contributed by atoms with van der Waals surface area (Å²) in [6.45, 7) is -0.300. The molecule has 1 saturated carbocycles. The highest BCUT2D eigenvalue weighted by molar-refractivity contribution is 7.14. The quantitative estimate of drug-likeness (QED) is 0.572. The van der Waals surface area contributed by atoms with Crippen LogP contribution in [0.4, 0.5) is 0 Å². The third-order valence-electron chi connectivity index (χ3n) is 6.65. The Morgan fingerprint density at radius 2 is 1.76 bits per heavy atom. The fourth-order valence-electron chi connectivity index (χ4n) is 4.79. The molecule has 1 aromatic carbocycles. The van der Waals surface area contributed by atoms with Crippen LogP contribution in [0.5, 0.6) is 0 Å². The highest BCUT2D eigenvalue weighted by Crippen LogP contribution is 2.41. The van der Waals surface area contributed by atoms with Gasteiger partial charge in [0.15, 0.2) is 0 Å². The summed E-state index contributed by atoms with van der Waals surface area (Å²) in [5.74, 6) is -1.43. The standard InChI is InChI=1S/C25H28N4O4S/c30-21(27-28-23(31)20-13-15-7-3-1-2-4-10-19(15)34-20)14-26-24(32)22-17-8-5-6-9-18(17)25(33)29(22)16-11-12-16/h5-6,8-9,13,16,22H,1-4,7,10-12,14H2,(H,26,32)(H,27,30)(H,28,31). The maximum absolute atomic E-state index is 13.0. The van der Waals surface area contributed by atoms with Gasteiger partial charge < -0.3 is 10.2 Å². The summed E-state index contributed by atoms with van der Waals surface area (Å²) in [4.78, 5) is 54.0. The number of carbonyl (C=O) groups excluding carboxylic acids is 4. The molecule has 0 radical (unpaired) electrons. The molecular weight excluding hydrogens is 452 g/mol. The minimum atomic E-state index is -0.732. The molecule has 2 aromatic rings. The summed E-state index contributed by atoms with van der Waals surface area (Å²) in [6, 6.07) is 8.36. The molecule has 2 aliphatic carbocycles. The summed E-state index contributed by atoms with van der Waals surface area (Å²) in [7, 11) is 0. The minimum Gasteiger partial charge on any atom is -0.345 e. The van der Waals surface area contributed by atoms with Gasteiger partial charge in [0, 0.05) is 16.5 Å². The van der Waals surface area contributed by atoms with Gasteiger partial charge in [-0.1, -0.05) is 31.0 Å². The summed E-state index contributed by atoms with van der Waals surface area (Å²) in [5.41, 5.74) is 7.27. The van der Waals surface area contributed by atoms with Crippen molar-refractivity contribution in [3.63, 3.8) is 0 Å². The molecule has 4 amide bonds. The predicted molar refractivity (Wildman–Crippen MR) is 127 cm³/mol. The Kier molecular flexibility index (Phi) is 6.36. The molecule has 1 aliphatic heterocycles. The van der Waals surface area contributed by atoms with Gasteiger partial charge in [0.2, 0.25) is 5.91 Å². The van der Waals surface area contributed by atoms with Gasteiger partial charge in [0.1, 0.15) is 6.04 Å². The van der Waals surface area contributed by atoms with E-state index in [1.807, 2.05) is 6.07 Å². The van der Waals surface area contributed by atoms with Gasteiger partial charge in [-0.15, -0.1) is 11.3 Å². The summed E-state index contributed by atoms with van der Waals surface area (Å²) < 4.78 is 0. The second-order valence-corrected chi connectivity index (χ2v) is 10.3. The number of thiophene rings is 1. The molecule has 178 valence electrons. The zero-order chi connectivity index (χ0) is 23.7. The first-order chi connectivity index (χ1) is 16.5. The fourth-order valence-corrected chi connectivity index (χ4v) is 5.93. The van der Waals surface area contributed by atoms with E-state index in [0.717, 1.165) is 38.5 Å². The summed E-state index contributed by atoms with van der Waals surface area (Å²) >= 11 is 1.48. The maximum Gasteiger partial charge on any atom is 0.279 e. The molecule has 3 N–H and O–H groups in total. The highest BCUT2D eigenvalue weighted by atomic mass is 32.1. The molecule has 8 nitrogen and oxygen atoms in total. The van der Waals surface area contributed by atoms with E-state index in [2.05, 4.69) is 16.2 Å². The lowest BCUT2D eigenvalue weighted by atomic mass is 10.00. The minimum absolute atomic E-state index is 0.0639. The van der Waals surface area contributed by atoms with Gasteiger partial charge in [-0.05, 0) is 61.8 Å². The van der Waals surface area contributed by atoms with E-state index < -0.39 is 17.9 Å². The van der Waals surface area contributed by atoms with E-state index in [-0.39, 0.29) is 24.4 Å². The normalized spacial score (nSPS) is 19.5. The Labute approximate surface area is 202 Å². The first-order valence-electron chi connectivity index (χ1n) is 11.9. The lowest BCUT2D eigenvalue weighted by Crippen LogP contribution is -2.48. The molecule has 5 rings (SSSR count). The van der Waals surface area contributed by atoms with Crippen molar-refractivity contribution in [1.29, 1.82) is 0 Å². The lowest BCUT2D eigenvalue weighted by molar-refractivity contribution is -0.129. The number of nitrogens with one attached hydrogen (secondary N) is 3. The number of hydrogen-bond acceptors (Lipinski definition) is 5. The molecular formula is C25H28N4O4S. The van der Waals surface area contributed by atoms with Crippen LogP contribution in [0.1, 0.15) is 80.6 Å². The van der Waals surface area contributed by atoms with Crippen LogP contribution >= 0.6 is 11.3 Å². The van der Waals surface area contributed by atoms with E-state index in [9.17, 15) is 19.2 Å². The van der Waals surface area contributed by atoms with E-state index in [0.29, 0.717) is 16.0 Å². The van der Waals surface area contributed by atoms with Crippen molar-refractivity contribution >= 4 is 35.0 Å². The summed E-state index contributed by atoms with van der Waals surface area (Å²) in [5, 5.41) is 2.62. The molecule has 2 heterocycles. The van der Waals surface area contributed by atoms with Crippen LogP contribution in [0.25, 0.3) is 0 Å². The molecule has 1 unspecified atom stereocenters. The highest BCUT2D eigenvalue weighted by Gasteiger charge is 2.47. The van der Waals surface area contributed by atoms with Crippen LogP contribution in [0, 0.1) is 0 Å². The molecule has 9 heteroatoms. The van der Waals surface area contributed by atoms with Crippen LogP contribution in [0.15, 0.2) is 30.3 Å². The number of nitrogens with zero attached hydrogens (tertiary/aromatic N) is 1. The van der Waals surface area contributed by atoms with Crippen molar-refractivity contribution < 1.29 is 19.2 Å². The van der Waals surface area contributed by atoms with Crippen LogP contribution in [0.3, 0.4) is 0 Å². The summed E-state index contributed by atoms with van der Waals surface area (Å²) in [6.07, 6.45) is 8.46. The molecule has 0 saturated heterocycles. The van der Waals surface area contributed by atoms with Crippen molar-refractivity contribution in [3.8, 4) is 0 Å². The van der Waals surface area contributed by atoms with Crippen molar-refractivity contribution in [1.82, 2.24) is 21.1 Å².